The van der Waals surface area contributed by atoms with Crippen LogP contribution < -0.4 is 0 Å². The first-order chi connectivity index (χ1) is 7.47. The number of aliphatic hydroxyl groups is 1. The van der Waals surface area contributed by atoms with Crippen molar-refractivity contribution in [2.75, 3.05) is 6.61 Å². The zero-order valence-electron chi connectivity index (χ0n) is 11.4. The third kappa shape index (κ3) is 7.47. The van der Waals surface area contributed by atoms with Crippen LogP contribution in [0.2, 0.25) is 0 Å². The summed E-state index contributed by atoms with van der Waals surface area (Å²) in [5, 5.41) is 9.15. The number of hydrogen-bond acceptors (Lipinski definition) is 1. The van der Waals surface area contributed by atoms with Gasteiger partial charge in [-0.2, -0.15) is 0 Å². The molecule has 0 aromatic rings. The largest absolute Gasteiger partial charge is 0.392 e. The van der Waals surface area contributed by atoms with E-state index in [9.17, 15) is 0 Å². The first-order valence-electron chi connectivity index (χ1n) is 6.07. The van der Waals surface area contributed by atoms with Gasteiger partial charge in [0.05, 0.1) is 6.61 Å². The van der Waals surface area contributed by atoms with Gasteiger partial charge in [0.25, 0.3) is 0 Å². The molecule has 0 heterocycles. The van der Waals surface area contributed by atoms with Gasteiger partial charge in [-0.05, 0) is 45.1 Å². The van der Waals surface area contributed by atoms with Crippen LogP contribution in [0.4, 0.5) is 0 Å². The lowest BCUT2D eigenvalue weighted by Gasteiger charge is -2.06. The molecule has 0 atom stereocenters. The van der Waals surface area contributed by atoms with Gasteiger partial charge in [0, 0.05) is 0 Å². The quantitative estimate of drug-likeness (QED) is 0.526. The van der Waals surface area contributed by atoms with Crippen LogP contribution in [0.5, 0.6) is 0 Å². The third-order valence-electron chi connectivity index (χ3n) is 2.60. The molecular formula is C15H26O. The SMILES string of the molecule is CC(C)=CCCC(C)=CC=C(CO)C(C)C. The maximum atomic E-state index is 9.15. The molecule has 0 saturated heterocycles. The van der Waals surface area contributed by atoms with Crippen molar-refractivity contribution in [1.82, 2.24) is 0 Å². The fourth-order valence-electron chi connectivity index (χ4n) is 1.35. The van der Waals surface area contributed by atoms with Gasteiger partial charge in [-0.25, -0.2) is 0 Å². The van der Waals surface area contributed by atoms with Crippen molar-refractivity contribution in [2.45, 2.75) is 47.5 Å². The second-order valence-corrected chi connectivity index (χ2v) is 4.89. The minimum Gasteiger partial charge on any atom is -0.392 e. The third-order valence-corrected chi connectivity index (χ3v) is 2.60. The highest BCUT2D eigenvalue weighted by molar-refractivity contribution is 5.18. The van der Waals surface area contributed by atoms with Gasteiger partial charge in [-0.15, -0.1) is 0 Å². The molecule has 0 aromatic heterocycles. The Morgan fingerprint density at radius 1 is 1.12 bits per heavy atom. The Balaban J connectivity index is 4.26. The maximum absolute atomic E-state index is 9.15. The highest BCUT2D eigenvalue weighted by atomic mass is 16.3. The van der Waals surface area contributed by atoms with Crippen molar-refractivity contribution in [1.29, 1.82) is 0 Å². The van der Waals surface area contributed by atoms with Crippen molar-refractivity contribution in [2.24, 2.45) is 5.92 Å². The van der Waals surface area contributed by atoms with Crippen LogP contribution in [0.15, 0.2) is 34.9 Å². The standard InChI is InChI=1S/C15H26O/c1-12(2)7-6-8-14(5)9-10-15(11-16)13(3)4/h7,9-10,13,16H,6,8,11H2,1-5H3. The molecule has 0 amide bonds. The monoisotopic (exact) mass is 222 g/mol. The highest BCUT2D eigenvalue weighted by Crippen LogP contribution is 2.11. The topological polar surface area (TPSA) is 20.2 Å². The molecule has 0 unspecified atom stereocenters. The fourth-order valence-corrected chi connectivity index (χ4v) is 1.35. The summed E-state index contributed by atoms with van der Waals surface area (Å²) in [5.41, 5.74) is 3.84. The second kappa shape index (κ2) is 8.35. The smallest absolute Gasteiger partial charge is 0.0647 e. The Kier molecular flexibility index (Phi) is 7.92. The van der Waals surface area contributed by atoms with E-state index in [1.807, 2.05) is 0 Å². The Labute approximate surface area is 101 Å². The fraction of sp³-hybridized carbons (Fsp3) is 0.600. The van der Waals surface area contributed by atoms with Gasteiger partial charge in [-0.1, -0.05) is 43.2 Å². The van der Waals surface area contributed by atoms with Crippen molar-refractivity contribution >= 4 is 0 Å². The molecule has 0 spiro atoms. The zero-order valence-corrected chi connectivity index (χ0v) is 11.4. The van der Waals surface area contributed by atoms with Gasteiger partial charge in [0.2, 0.25) is 0 Å². The Hall–Kier alpha value is -0.820. The predicted molar refractivity (Wildman–Crippen MR) is 72.4 cm³/mol. The summed E-state index contributed by atoms with van der Waals surface area (Å²) in [7, 11) is 0. The molecule has 0 aromatic carbocycles. The summed E-state index contributed by atoms with van der Waals surface area (Å²) in [6.07, 6.45) is 8.65. The van der Waals surface area contributed by atoms with Crippen molar-refractivity contribution < 1.29 is 5.11 Å². The normalized spacial score (nSPS) is 13.2. The second-order valence-electron chi connectivity index (χ2n) is 4.89. The lowest BCUT2D eigenvalue weighted by atomic mass is 10.0. The van der Waals surface area contributed by atoms with E-state index in [2.05, 4.69) is 52.8 Å². The maximum Gasteiger partial charge on any atom is 0.0647 e. The van der Waals surface area contributed by atoms with E-state index in [4.69, 9.17) is 5.11 Å². The molecule has 16 heavy (non-hydrogen) atoms. The zero-order chi connectivity index (χ0) is 12.6. The van der Waals surface area contributed by atoms with Gasteiger partial charge in [0.1, 0.15) is 0 Å². The number of hydrogen-bond donors (Lipinski definition) is 1. The molecule has 92 valence electrons. The van der Waals surface area contributed by atoms with Crippen molar-refractivity contribution in [3.63, 3.8) is 0 Å². The molecule has 1 N–H and O–H groups in total. The van der Waals surface area contributed by atoms with Crippen LogP contribution in [-0.4, -0.2) is 11.7 Å². The lowest BCUT2D eigenvalue weighted by Crippen LogP contribution is -1.98. The van der Waals surface area contributed by atoms with E-state index >= 15 is 0 Å². The molecule has 1 heteroatoms. The molecule has 0 saturated carbocycles. The van der Waals surface area contributed by atoms with E-state index in [1.165, 1.54) is 11.1 Å². The Morgan fingerprint density at radius 3 is 2.19 bits per heavy atom. The summed E-state index contributed by atoms with van der Waals surface area (Å²) in [6.45, 7) is 10.8. The molecule has 1 nitrogen and oxygen atoms in total. The van der Waals surface area contributed by atoms with Crippen molar-refractivity contribution in [3.05, 3.63) is 34.9 Å². The minimum atomic E-state index is 0.162. The van der Waals surface area contributed by atoms with E-state index in [0.29, 0.717) is 5.92 Å². The molecule has 0 aliphatic rings. The van der Waals surface area contributed by atoms with E-state index < -0.39 is 0 Å². The number of aliphatic hydroxyl groups excluding tert-OH is 1. The lowest BCUT2D eigenvalue weighted by molar-refractivity contribution is 0.318. The average molecular weight is 222 g/mol. The van der Waals surface area contributed by atoms with E-state index in [0.717, 1.165) is 18.4 Å². The summed E-state index contributed by atoms with van der Waals surface area (Å²) in [6, 6.07) is 0. The van der Waals surface area contributed by atoms with Crippen LogP contribution >= 0.6 is 0 Å². The molecule has 0 aliphatic heterocycles. The first kappa shape index (κ1) is 15.2. The molecule has 0 aliphatic carbocycles. The minimum absolute atomic E-state index is 0.162. The molecular weight excluding hydrogens is 196 g/mol. The molecule has 0 fully saturated rings. The van der Waals surface area contributed by atoms with Crippen LogP contribution in [0.25, 0.3) is 0 Å². The van der Waals surface area contributed by atoms with Crippen LogP contribution in [0.3, 0.4) is 0 Å². The van der Waals surface area contributed by atoms with Gasteiger partial charge < -0.3 is 5.11 Å². The number of rotatable bonds is 6. The summed E-state index contributed by atoms with van der Waals surface area (Å²) in [5.74, 6) is 0.423. The number of allylic oxidation sites excluding steroid dienone is 5. The first-order valence-corrected chi connectivity index (χ1v) is 6.07. The van der Waals surface area contributed by atoms with Crippen LogP contribution in [0.1, 0.15) is 47.5 Å². The molecule has 0 bridgehead atoms. The summed E-state index contributed by atoms with van der Waals surface area (Å²) >= 11 is 0. The van der Waals surface area contributed by atoms with E-state index in [1.54, 1.807) is 0 Å². The Morgan fingerprint density at radius 2 is 1.75 bits per heavy atom. The van der Waals surface area contributed by atoms with Gasteiger partial charge >= 0.3 is 0 Å². The predicted octanol–water partition coefficient (Wildman–Crippen LogP) is 4.25. The molecule has 0 radical (unpaired) electrons. The van der Waals surface area contributed by atoms with Gasteiger partial charge in [-0.3, -0.25) is 0 Å². The van der Waals surface area contributed by atoms with E-state index in [-0.39, 0.29) is 6.61 Å². The molecule has 0 rings (SSSR count). The van der Waals surface area contributed by atoms with Crippen molar-refractivity contribution in [3.8, 4) is 0 Å². The summed E-state index contributed by atoms with van der Waals surface area (Å²) < 4.78 is 0. The van der Waals surface area contributed by atoms with Crippen LogP contribution in [0, 0.1) is 5.92 Å². The Bertz CT molecular complexity index is 276. The van der Waals surface area contributed by atoms with Crippen LogP contribution in [-0.2, 0) is 0 Å². The highest BCUT2D eigenvalue weighted by Gasteiger charge is 1.99. The van der Waals surface area contributed by atoms with Gasteiger partial charge in [0.15, 0.2) is 0 Å². The summed E-state index contributed by atoms with van der Waals surface area (Å²) in [4.78, 5) is 0. The average Bonchev–Trinajstić information content (AvgIpc) is 2.17.